The lowest BCUT2D eigenvalue weighted by atomic mass is 9.86. The first-order valence-electron chi connectivity index (χ1n) is 11.7. The molecule has 1 aliphatic heterocycles. The van der Waals surface area contributed by atoms with Crippen molar-refractivity contribution in [3.05, 3.63) is 23.8 Å². The molecule has 2 aliphatic rings. The molecule has 1 aliphatic carbocycles. The molecule has 1 heterocycles. The van der Waals surface area contributed by atoms with E-state index in [0.717, 1.165) is 30.0 Å². The Morgan fingerprint density at radius 3 is 2.19 bits per heavy atom. The van der Waals surface area contributed by atoms with Gasteiger partial charge >= 0.3 is 0 Å². The minimum Gasteiger partial charge on any atom is -0.372 e. The highest BCUT2D eigenvalue weighted by Gasteiger charge is 2.34. The molecule has 3 rings (SSSR count). The van der Waals surface area contributed by atoms with E-state index in [1.54, 1.807) is 20.8 Å². The molecule has 1 amide bonds. The normalized spacial score (nSPS) is 27.2. The van der Waals surface area contributed by atoms with E-state index in [0.29, 0.717) is 25.7 Å². The fraction of sp³-hybridized carbons (Fsp3) is 0.708. The van der Waals surface area contributed by atoms with Gasteiger partial charge in [0.1, 0.15) is 0 Å². The molecule has 0 unspecified atom stereocenters. The molecule has 0 radical (unpaired) electrons. The third-order valence-corrected chi connectivity index (χ3v) is 8.73. The third-order valence-electron chi connectivity index (χ3n) is 6.48. The average molecular weight is 466 g/mol. The highest BCUT2D eigenvalue weighted by molar-refractivity contribution is 7.90. The van der Waals surface area contributed by atoms with Gasteiger partial charge in [-0.05, 0) is 91.0 Å². The molecule has 7 nitrogen and oxygen atoms in total. The number of morpholine rings is 1. The number of anilines is 2. The Hall–Kier alpha value is -1.64. The predicted octanol–water partition coefficient (Wildman–Crippen LogP) is 3.82. The van der Waals surface area contributed by atoms with Gasteiger partial charge < -0.3 is 15.0 Å². The highest BCUT2D eigenvalue weighted by Crippen LogP contribution is 2.29. The van der Waals surface area contributed by atoms with E-state index in [4.69, 9.17) is 4.74 Å². The number of hydrogen-bond acceptors (Lipinski definition) is 5. The van der Waals surface area contributed by atoms with E-state index in [1.165, 1.54) is 0 Å². The van der Waals surface area contributed by atoms with Crippen LogP contribution in [0, 0.1) is 12.8 Å². The Bertz CT molecular complexity index is 908. The quantitative estimate of drug-likeness (QED) is 0.690. The van der Waals surface area contributed by atoms with Gasteiger partial charge in [-0.25, -0.2) is 13.1 Å². The molecule has 2 N–H and O–H groups in total. The number of rotatable bonds is 5. The van der Waals surface area contributed by atoms with E-state index >= 15 is 0 Å². The molecular weight excluding hydrogens is 426 g/mol. The number of nitrogens with zero attached hydrogens (tertiary/aromatic N) is 1. The second-order valence-electron chi connectivity index (χ2n) is 10.4. The number of ether oxygens (including phenoxy) is 1. The zero-order valence-electron chi connectivity index (χ0n) is 20.3. The smallest absolute Gasteiger partial charge is 0.227 e. The Morgan fingerprint density at radius 1 is 1.06 bits per heavy atom. The maximum Gasteiger partial charge on any atom is 0.227 e. The average Bonchev–Trinajstić information content (AvgIpc) is 2.68. The first-order valence-corrected chi connectivity index (χ1v) is 13.2. The number of carbonyl (C=O) groups is 1. The molecule has 1 aromatic carbocycles. The van der Waals surface area contributed by atoms with Gasteiger partial charge in [0.05, 0.1) is 17.0 Å². The van der Waals surface area contributed by atoms with Crippen molar-refractivity contribution in [1.29, 1.82) is 0 Å². The minimum absolute atomic E-state index is 0.0200. The van der Waals surface area contributed by atoms with Crippen LogP contribution in [-0.2, 0) is 19.6 Å². The molecule has 2 fully saturated rings. The van der Waals surface area contributed by atoms with Crippen molar-refractivity contribution in [2.45, 2.75) is 90.2 Å². The topological polar surface area (TPSA) is 87.7 Å². The SMILES string of the molecule is Cc1cc(N2C[C@@H](C)O[C@@H](C)C2)ccc1NC(=O)C1CCC(NS(=O)(=O)C(C)(C)C)CC1. The van der Waals surface area contributed by atoms with Gasteiger partial charge in [-0.3, -0.25) is 4.79 Å². The van der Waals surface area contributed by atoms with Gasteiger partial charge in [-0.2, -0.15) is 0 Å². The number of benzene rings is 1. The molecule has 8 heteroatoms. The molecule has 32 heavy (non-hydrogen) atoms. The largest absolute Gasteiger partial charge is 0.372 e. The second kappa shape index (κ2) is 9.69. The standard InChI is InChI=1S/C24H39N3O4S/c1-16-13-21(27-14-17(2)31-18(3)15-27)11-12-22(16)25-23(28)19-7-9-20(10-8-19)26-32(29,30)24(4,5)6/h11-13,17-20,26H,7-10,14-15H2,1-6H3,(H,25,28)/t17-,18+,19?,20?. The van der Waals surface area contributed by atoms with Gasteiger partial charge in [0.2, 0.25) is 15.9 Å². The molecular formula is C24H39N3O4S. The zero-order valence-corrected chi connectivity index (χ0v) is 21.1. The first kappa shape index (κ1) is 25.0. The summed E-state index contributed by atoms with van der Waals surface area (Å²) in [4.78, 5) is 15.2. The third kappa shape index (κ3) is 6.02. The number of amides is 1. The van der Waals surface area contributed by atoms with Crippen LogP contribution in [0.25, 0.3) is 0 Å². The Morgan fingerprint density at radius 2 is 1.66 bits per heavy atom. The molecule has 2 atom stereocenters. The Kier molecular flexibility index (Phi) is 7.57. The van der Waals surface area contributed by atoms with Gasteiger partial charge in [0.25, 0.3) is 0 Å². The Labute approximate surface area is 193 Å². The summed E-state index contributed by atoms with van der Waals surface area (Å²) in [5, 5.41) is 3.09. The van der Waals surface area contributed by atoms with Crippen LogP contribution >= 0.6 is 0 Å². The maximum atomic E-state index is 12.9. The van der Waals surface area contributed by atoms with Crippen LogP contribution in [-0.4, -0.2) is 50.4 Å². The number of carbonyl (C=O) groups excluding carboxylic acids is 1. The van der Waals surface area contributed by atoms with Crippen molar-refractivity contribution >= 4 is 27.3 Å². The van der Waals surface area contributed by atoms with Crippen molar-refractivity contribution in [2.75, 3.05) is 23.3 Å². The van der Waals surface area contributed by atoms with E-state index < -0.39 is 14.8 Å². The zero-order chi connectivity index (χ0) is 23.7. The van der Waals surface area contributed by atoms with Crippen molar-refractivity contribution in [3.63, 3.8) is 0 Å². The van der Waals surface area contributed by atoms with E-state index in [9.17, 15) is 13.2 Å². The van der Waals surface area contributed by atoms with Crippen LogP contribution < -0.4 is 14.9 Å². The summed E-state index contributed by atoms with van der Waals surface area (Å²) in [5.74, 6) is -0.0722. The lowest BCUT2D eigenvalue weighted by molar-refractivity contribution is -0.120. The summed E-state index contributed by atoms with van der Waals surface area (Å²) in [5.41, 5.74) is 3.02. The molecule has 1 saturated carbocycles. The predicted molar refractivity (Wildman–Crippen MR) is 130 cm³/mol. The molecule has 180 valence electrons. The van der Waals surface area contributed by atoms with Crippen molar-refractivity contribution < 1.29 is 17.9 Å². The van der Waals surface area contributed by atoms with Gasteiger partial charge in [-0.1, -0.05) is 0 Å². The second-order valence-corrected chi connectivity index (χ2v) is 12.9. The van der Waals surface area contributed by atoms with Crippen molar-refractivity contribution in [1.82, 2.24) is 4.72 Å². The highest BCUT2D eigenvalue weighted by atomic mass is 32.2. The number of hydrogen-bond donors (Lipinski definition) is 2. The van der Waals surface area contributed by atoms with E-state index in [2.05, 4.69) is 40.9 Å². The fourth-order valence-corrected chi connectivity index (χ4v) is 5.51. The van der Waals surface area contributed by atoms with E-state index in [1.807, 2.05) is 13.0 Å². The van der Waals surface area contributed by atoms with Gasteiger partial charge in [0.15, 0.2) is 0 Å². The van der Waals surface area contributed by atoms with E-state index in [-0.39, 0.29) is 30.1 Å². The lowest BCUT2D eigenvalue weighted by Gasteiger charge is -2.37. The monoisotopic (exact) mass is 465 g/mol. The summed E-state index contributed by atoms with van der Waals surface area (Å²) in [6.07, 6.45) is 3.12. The summed E-state index contributed by atoms with van der Waals surface area (Å²) in [6.45, 7) is 13.0. The van der Waals surface area contributed by atoms with Crippen molar-refractivity contribution in [3.8, 4) is 0 Å². The Balaban J connectivity index is 1.55. The molecule has 0 aromatic heterocycles. The maximum absolute atomic E-state index is 12.9. The van der Waals surface area contributed by atoms with Crippen LogP contribution in [0.5, 0.6) is 0 Å². The number of nitrogens with one attached hydrogen (secondary N) is 2. The number of sulfonamides is 1. The molecule has 1 aromatic rings. The summed E-state index contributed by atoms with van der Waals surface area (Å²) in [7, 11) is -3.37. The fourth-order valence-electron chi connectivity index (χ4n) is 4.48. The molecule has 0 spiro atoms. The van der Waals surface area contributed by atoms with Crippen LogP contribution in [0.1, 0.15) is 65.9 Å². The summed E-state index contributed by atoms with van der Waals surface area (Å²) < 4.78 is 32.6. The molecule has 1 saturated heterocycles. The number of aryl methyl sites for hydroxylation is 1. The summed E-state index contributed by atoms with van der Waals surface area (Å²) in [6, 6.07) is 6.07. The first-order chi connectivity index (χ1) is 14.9. The van der Waals surface area contributed by atoms with Crippen LogP contribution in [0.3, 0.4) is 0 Å². The minimum atomic E-state index is -3.37. The van der Waals surface area contributed by atoms with Crippen LogP contribution in [0.15, 0.2) is 18.2 Å². The van der Waals surface area contributed by atoms with Crippen molar-refractivity contribution in [2.24, 2.45) is 5.92 Å². The van der Waals surface area contributed by atoms with Crippen LogP contribution in [0.2, 0.25) is 0 Å². The van der Waals surface area contributed by atoms with Gasteiger partial charge in [-0.15, -0.1) is 0 Å². The summed E-state index contributed by atoms with van der Waals surface area (Å²) >= 11 is 0. The lowest BCUT2D eigenvalue weighted by Crippen LogP contribution is -2.46. The molecule has 0 bridgehead atoms. The van der Waals surface area contributed by atoms with Crippen LogP contribution in [0.4, 0.5) is 11.4 Å². The van der Waals surface area contributed by atoms with Gasteiger partial charge in [0, 0.05) is 36.4 Å².